The predicted molar refractivity (Wildman–Crippen MR) is 83.7 cm³/mol. The smallest absolute Gasteiger partial charge is 0.126 e. The lowest BCUT2D eigenvalue weighted by molar-refractivity contribution is 0.133. The molecule has 22 heavy (non-hydrogen) atoms. The van der Waals surface area contributed by atoms with Crippen LogP contribution in [0.15, 0.2) is 18.2 Å². The highest BCUT2D eigenvalue weighted by molar-refractivity contribution is 5.18. The summed E-state index contributed by atoms with van der Waals surface area (Å²) in [4.78, 5) is 0. The maximum absolute atomic E-state index is 13.1. The Bertz CT molecular complexity index is 444. The van der Waals surface area contributed by atoms with Crippen molar-refractivity contribution in [2.75, 3.05) is 19.6 Å². The van der Waals surface area contributed by atoms with E-state index in [4.69, 9.17) is 0 Å². The fourth-order valence-corrected chi connectivity index (χ4v) is 2.97. The van der Waals surface area contributed by atoms with Crippen molar-refractivity contribution in [3.05, 3.63) is 35.4 Å². The highest BCUT2D eigenvalue weighted by Crippen LogP contribution is 2.15. The molecule has 1 heterocycles. The third-order valence-corrected chi connectivity index (χ3v) is 4.42. The van der Waals surface area contributed by atoms with Gasteiger partial charge in [-0.15, -0.1) is 0 Å². The van der Waals surface area contributed by atoms with Gasteiger partial charge in [-0.2, -0.15) is 0 Å². The molecule has 2 unspecified atom stereocenters. The monoisotopic (exact) mass is 312 g/mol. The van der Waals surface area contributed by atoms with Crippen molar-refractivity contribution in [3.63, 3.8) is 0 Å². The lowest BCUT2D eigenvalue weighted by Gasteiger charge is -2.25. The first-order chi connectivity index (χ1) is 10.5. The van der Waals surface area contributed by atoms with E-state index in [-0.39, 0.29) is 12.5 Å². The van der Waals surface area contributed by atoms with E-state index in [1.54, 1.807) is 0 Å². The van der Waals surface area contributed by atoms with E-state index in [0.717, 1.165) is 38.0 Å². The van der Waals surface area contributed by atoms with Gasteiger partial charge in [0.25, 0.3) is 0 Å². The van der Waals surface area contributed by atoms with Crippen LogP contribution >= 0.6 is 0 Å². The van der Waals surface area contributed by atoms with Gasteiger partial charge in [0, 0.05) is 18.5 Å². The molecule has 0 spiro atoms. The van der Waals surface area contributed by atoms with Gasteiger partial charge in [-0.25, -0.2) is 8.78 Å². The largest absolute Gasteiger partial charge is 0.391 e. The van der Waals surface area contributed by atoms with E-state index in [0.29, 0.717) is 5.56 Å². The number of nitrogens with one attached hydrogen (secondary N) is 2. The molecule has 3 nitrogen and oxygen atoms in total. The standard InChI is InChI=1S/C17H26F2N2O/c1-12(21-7-4-13-2-5-20-6-3-13)17(22)10-14-8-15(18)11-16(19)9-14/h8-9,11-13,17,20-22H,2-7,10H2,1H3. The minimum Gasteiger partial charge on any atom is -0.391 e. The number of aliphatic hydroxyl groups excluding tert-OH is 1. The van der Waals surface area contributed by atoms with Crippen LogP contribution in [-0.4, -0.2) is 36.9 Å². The van der Waals surface area contributed by atoms with Gasteiger partial charge in [-0.3, -0.25) is 0 Å². The van der Waals surface area contributed by atoms with Crippen molar-refractivity contribution in [2.24, 2.45) is 5.92 Å². The minimum absolute atomic E-state index is 0.104. The quantitative estimate of drug-likeness (QED) is 0.723. The van der Waals surface area contributed by atoms with E-state index in [1.807, 2.05) is 6.92 Å². The molecule has 1 aliphatic rings. The van der Waals surface area contributed by atoms with Crippen LogP contribution in [0, 0.1) is 17.6 Å². The molecule has 0 radical (unpaired) electrons. The summed E-state index contributed by atoms with van der Waals surface area (Å²) in [6.07, 6.45) is 3.11. The Morgan fingerprint density at radius 2 is 1.86 bits per heavy atom. The summed E-state index contributed by atoms with van der Waals surface area (Å²) in [5, 5.41) is 16.8. The molecule has 2 rings (SSSR count). The van der Waals surface area contributed by atoms with Crippen LogP contribution in [0.3, 0.4) is 0 Å². The lowest BCUT2D eigenvalue weighted by atomic mass is 9.94. The SMILES string of the molecule is CC(NCCC1CCNCC1)C(O)Cc1cc(F)cc(F)c1. The number of piperidine rings is 1. The Hall–Kier alpha value is -1.04. The van der Waals surface area contributed by atoms with E-state index in [1.165, 1.54) is 25.0 Å². The van der Waals surface area contributed by atoms with Gasteiger partial charge in [-0.1, -0.05) is 0 Å². The van der Waals surface area contributed by atoms with Gasteiger partial charge in [-0.05, 0) is 69.4 Å². The predicted octanol–water partition coefficient (Wildman–Crippen LogP) is 2.24. The Kier molecular flexibility index (Phi) is 6.73. The molecular formula is C17H26F2N2O. The van der Waals surface area contributed by atoms with E-state index in [9.17, 15) is 13.9 Å². The number of hydrogen-bond donors (Lipinski definition) is 3. The zero-order valence-electron chi connectivity index (χ0n) is 13.1. The summed E-state index contributed by atoms with van der Waals surface area (Å²) in [6, 6.07) is 3.28. The Morgan fingerprint density at radius 3 is 2.50 bits per heavy atom. The second kappa shape index (κ2) is 8.56. The topological polar surface area (TPSA) is 44.3 Å². The summed E-state index contributed by atoms with van der Waals surface area (Å²) in [7, 11) is 0. The Labute approximate surface area is 131 Å². The van der Waals surface area contributed by atoms with E-state index >= 15 is 0 Å². The second-order valence-electron chi connectivity index (χ2n) is 6.27. The molecule has 0 aromatic heterocycles. The first-order valence-electron chi connectivity index (χ1n) is 8.11. The average molecular weight is 312 g/mol. The van der Waals surface area contributed by atoms with Crippen molar-refractivity contribution >= 4 is 0 Å². The van der Waals surface area contributed by atoms with Crippen LogP contribution in [-0.2, 0) is 6.42 Å². The van der Waals surface area contributed by atoms with Gasteiger partial charge in [0.05, 0.1) is 6.10 Å². The Balaban J connectivity index is 1.72. The van der Waals surface area contributed by atoms with Crippen LogP contribution in [0.25, 0.3) is 0 Å². The van der Waals surface area contributed by atoms with Crippen molar-refractivity contribution in [1.29, 1.82) is 0 Å². The summed E-state index contributed by atoms with van der Waals surface area (Å²) in [5.41, 5.74) is 0.483. The minimum atomic E-state index is -0.658. The second-order valence-corrected chi connectivity index (χ2v) is 6.27. The molecule has 5 heteroatoms. The zero-order valence-corrected chi connectivity index (χ0v) is 13.1. The van der Waals surface area contributed by atoms with Crippen molar-refractivity contribution < 1.29 is 13.9 Å². The van der Waals surface area contributed by atoms with Crippen LogP contribution in [0.2, 0.25) is 0 Å². The molecule has 124 valence electrons. The van der Waals surface area contributed by atoms with Crippen molar-refractivity contribution in [3.8, 4) is 0 Å². The van der Waals surface area contributed by atoms with E-state index in [2.05, 4.69) is 10.6 Å². The van der Waals surface area contributed by atoms with Crippen LogP contribution < -0.4 is 10.6 Å². The number of rotatable bonds is 7. The maximum atomic E-state index is 13.1. The summed E-state index contributed by atoms with van der Waals surface area (Å²) < 4.78 is 26.3. The zero-order chi connectivity index (χ0) is 15.9. The number of benzene rings is 1. The fraction of sp³-hybridized carbons (Fsp3) is 0.647. The van der Waals surface area contributed by atoms with Gasteiger partial charge in [0.1, 0.15) is 11.6 Å². The molecule has 1 aromatic carbocycles. The molecule has 1 fully saturated rings. The third kappa shape index (κ3) is 5.63. The van der Waals surface area contributed by atoms with Crippen LogP contribution in [0.5, 0.6) is 0 Å². The third-order valence-electron chi connectivity index (χ3n) is 4.42. The van der Waals surface area contributed by atoms with Gasteiger partial charge in [0.15, 0.2) is 0 Å². The lowest BCUT2D eigenvalue weighted by Crippen LogP contribution is -2.40. The molecule has 0 saturated carbocycles. The summed E-state index contributed by atoms with van der Waals surface area (Å²) >= 11 is 0. The molecule has 0 aliphatic carbocycles. The molecule has 0 bridgehead atoms. The van der Waals surface area contributed by atoms with Gasteiger partial charge >= 0.3 is 0 Å². The maximum Gasteiger partial charge on any atom is 0.126 e. The fourth-order valence-electron chi connectivity index (χ4n) is 2.97. The summed E-state index contributed by atoms with van der Waals surface area (Å²) in [5.74, 6) is -0.460. The first-order valence-corrected chi connectivity index (χ1v) is 8.11. The Morgan fingerprint density at radius 1 is 1.23 bits per heavy atom. The molecular weight excluding hydrogens is 286 g/mol. The van der Waals surface area contributed by atoms with Crippen molar-refractivity contribution in [1.82, 2.24) is 10.6 Å². The highest BCUT2D eigenvalue weighted by atomic mass is 19.1. The molecule has 1 saturated heterocycles. The average Bonchev–Trinajstić information content (AvgIpc) is 2.47. The molecule has 1 aromatic rings. The normalized spacial score (nSPS) is 19.1. The number of hydrogen-bond acceptors (Lipinski definition) is 3. The summed E-state index contributed by atoms with van der Waals surface area (Å²) in [6.45, 7) is 4.95. The van der Waals surface area contributed by atoms with Gasteiger partial charge < -0.3 is 15.7 Å². The molecule has 1 aliphatic heterocycles. The van der Waals surface area contributed by atoms with E-state index < -0.39 is 17.7 Å². The van der Waals surface area contributed by atoms with Crippen molar-refractivity contribution in [2.45, 2.75) is 44.8 Å². The number of aliphatic hydroxyl groups is 1. The van der Waals surface area contributed by atoms with Crippen LogP contribution in [0.1, 0.15) is 31.7 Å². The van der Waals surface area contributed by atoms with Crippen LogP contribution in [0.4, 0.5) is 8.78 Å². The first kappa shape index (κ1) is 17.3. The molecule has 2 atom stereocenters. The van der Waals surface area contributed by atoms with Gasteiger partial charge in [0.2, 0.25) is 0 Å². The number of halogens is 2. The highest BCUT2D eigenvalue weighted by Gasteiger charge is 2.17. The molecule has 3 N–H and O–H groups in total. The molecule has 0 amide bonds.